The highest BCUT2D eigenvalue weighted by Crippen LogP contribution is 2.46. The second-order valence-corrected chi connectivity index (χ2v) is 8.80. The lowest BCUT2D eigenvalue weighted by molar-refractivity contribution is -0.137. The molecule has 1 aromatic heterocycles. The van der Waals surface area contributed by atoms with Crippen LogP contribution in [0.25, 0.3) is 10.9 Å². The van der Waals surface area contributed by atoms with E-state index in [-0.39, 0.29) is 12.1 Å². The Morgan fingerprint density at radius 1 is 1.03 bits per heavy atom. The Labute approximate surface area is 203 Å². The molecule has 1 N–H and O–H groups in total. The van der Waals surface area contributed by atoms with Crippen LogP contribution in [-0.4, -0.2) is 16.9 Å². The standard InChI is InChI=1S/C27H20F4N2O3/c28-21-13-18-9-12-33(15-17-1-3-20(4-2-17)27(29,30)31)24(18)23(14-21)25(35)32-26(10-11-26)19-5-7-22(8-6-19)36-16-34/h1-9,12-14,16H,10-11,15H2,(H,32,35). The van der Waals surface area contributed by atoms with E-state index in [0.717, 1.165) is 23.8 Å². The number of nitrogens with one attached hydrogen (secondary N) is 1. The van der Waals surface area contributed by atoms with Crippen LogP contribution in [0.15, 0.2) is 72.9 Å². The number of hydrogen-bond acceptors (Lipinski definition) is 3. The average molecular weight is 496 g/mol. The molecule has 0 atom stereocenters. The molecule has 1 aliphatic rings. The number of nitrogens with zero attached hydrogens (tertiary/aromatic N) is 1. The average Bonchev–Trinajstić information content (AvgIpc) is 3.52. The normalized spacial score (nSPS) is 14.4. The van der Waals surface area contributed by atoms with Crippen LogP contribution in [0.5, 0.6) is 5.75 Å². The Bertz CT molecular complexity index is 1440. The topological polar surface area (TPSA) is 60.3 Å². The molecule has 3 aromatic carbocycles. The van der Waals surface area contributed by atoms with Crippen molar-refractivity contribution >= 4 is 23.3 Å². The number of carbonyl (C=O) groups is 2. The number of carbonyl (C=O) groups excluding carboxylic acids is 2. The lowest BCUT2D eigenvalue weighted by atomic mass is 10.0. The van der Waals surface area contributed by atoms with Gasteiger partial charge in [0.1, 0.15) is 11.6 Å². The molecule has 1 saturated carbocycles. The number of amides is 1. The molecule has 0 saturated heterocycles. The first-order valence-corrected chi connectivity index (χ1v) is 11.2. The van der Waals surface area contributed by atoms with Crippen LogP contribution < -0.4 is 10.1 Å². The van der Waals surface area contributed by atoms with Crippen LogP contribution in [0.3, 0.4) is 0 Å². The molecule has 0 unspecified atom stereocenters. The van der Waals surface area contributed by atoms with Crippen LogP contribution in [0.4, 0.5) is 17.6 Å². The minimum absolute atomic E-state index is 0.133. The fourth-order valence-corrected chi connectivity index (χ4v) is 4.42. The van der Waals surface area contributed by atoms with Gasteiger partial charge in [-0.25, -0.2) is 4.39 Å². The van der Waals surface area contributed by atoms with Crippen LogP contribution in [0.1, 0.15) is 39.9 Å². The van der Waals surface area contributed by atoms with Crippen molar-refractivity contribution < 1.29 is 31.9 Å². The molecule has 184 valence electrons. The van der Waals surface area contributed by atoms with Gasteiger partial charge in [0.15, 0.2) is 0 Å². The molecule has 5 rings (SSSR count). The van der Waals surface area contributed by atoms with Gasteiger partial charge in [-0.05, 0) is 66.4 Å². The van der Waals surface area contributed by atoms with Crippen molar-refractivity contribution in [2.24, 2.45) is 0 Å². The van der Waals surface area contributed by atoms with Gasteiger partial charge >= 0.3 is 6.18 Å². The van der Waals surface area contributed by atoms with E-state index in [0.29, 0.717) is 41.5 Å². The van der Waals surface area contributed by atoms with E-state index < -0.39 is 29.0 Å². The highest BCUT2D eigenvalue weighted by molar-refractivity contribution is 6.06. The Morgan fingerprint density at radius 2 is 1.72 bits per heavy atom. The van der Waals surface area contributed by atoms with Crippen LogP contribution in [-0.2, 0) is 23.1 Å². The van der Waals surface area contributed by atoms with Crippen LogP contribution >= 0.6 is 0 Å². The quantitative estimate of drug-likeness (QED) is 0.260. The van der Waals surface area contributed by atoms with E-state index in [1.807, 2.05) is 0 Å². The first-order valence-electron chi connectivity index (χ1n) is 11.2. The fourth-order valence-electron chi connectivity index (χ4n) is 4.42. The summed E-state index contributed by atoms with van der Waals surface area (Å²) >= 11 is 0. The zero-order valence-corrected chi connectivity index (χ0v) is 18.8. The molecule has 1 fully saturated rings. The van der Waals surface area contributed by atoms with Crippen molar-refractivity contribution in [3.05, 3.63) is 101 Å². The summed E-state index contributed by atoms with van der Waals surface area (Å²) < 4.78 is 59.6. The molecular formula is C27H20F4N2O3. The molecular weight excluding hydrogens is 476 g/mol. The molecule has 1 amide bonds. The number of aromatic nitrogens is 1. The Hall–Kier alpha value is -4.14. The van der Waals surface area contributed by atoms with Crippen LogP contribution in [0.2, 0.25) is 0 Å². The maximum atomic E-state index is 14.4. The minimum Gasteiger partial charge on any atom is -0.429 e. The van der Waals surface area contributed by atoms with Crippen LogP contribution in [0, 0.1) is 5.82 Å². The molecule has 0 radical (unpaired) electrons. The summed E-state index contributed by atoms with van der Waals surface area (Å²) in [7, 11) is 0. The summed E-state index contributed by atoms with van der Waals surface area (Å²) in [5.74, 6) is -0.651. The first kappa shape index (κ1) is 23.6. The molecule has 1 aliphatic carbocycles. The zero-order chi connectivity index (χ0) is 25.5. The summed E-state index contributed by atoms with van der Waals surface area (Å²) in [6.07, 6.45) is -1.37. The Kier molecular flexibility index (Phi) is 5.78. The lowest BCUT2D eigenvalue weighted by Crippen LogP contribution is -2.35. The molecule has 1 heterocycles. The number of rotatable bonds is 7. The van der Waals surface area contributed by atoms with Crippen molar-refractivity contribution in [2.45, 2.75) is 31.1 Å². The zero-order valence-electron chi connectivity index (χ0n) is 18.8. The third-order valence-electron chi connectivity index (χ3n) is 6.40. The lowest BCUT2D eigenvalue weighted by Gasteiger charge is -2.19. The second-order valence-electron chi connectivity index (χ2n) is 8.80. The van der Waals surface area contributed by atoms with Crippen molar-refractivity contribution in [1.29, 1.82) is 0 Å². The van der Waals surface area contributed by atoms with Crippen molar-refractivity contribution in [3.8, 4) is 5.75 Å². The molecule has 0 spiro atoms. The van der Waals surface area contributed by atoms with Gasteiger partial charge in [0, 0.05) is 18.1 Å². The minimum atomic E-state index is -4.43. The highest BCUT2D eigenvalue weighted by atomic mass is 19.4. The van der Waals surface area contributed by atoms with Gasteiger partial charge < -0.3 is 14.6 Å². The van der Waals surface area contributed by atoms with Crippen molar-refractivity contribution in [2.75, 3.05) is 0 Å². The summed E-state index contributed by atoms with van der Waals surface area (Å²) in [5, 5.41) is 3.53. The van der Waals surface area contributed by atoms with E-state index in [9.17, 15) is 27.2 Å². The third-order valence-corrected chi connectivity index (χ3v) is 6.40. The maximum absolute atomic E-state index is 14.4. The SMILES string of the molecule is O=COc1ccc(C2(NC(=O)c3cc(F)cc4ccn(Cc5ccc(C(F)(F)F)cc5)c34)CC2)cc1. The number of halogens is 4. The summed E-state index contributed by atoms with van der Waals surface area (Å²) in [4.78, 5) is 23.9. The van der Waals surface area contributed by atoms with Gasteiger partial charge in [-0.1, -0.05) is 24.3 Å². The first-order chi connectivity index (χ1) is 17.2. The summed E-state index contributed by atoms with van der Waals surface area (Å²) in [5.41, 5.74) is 0.703. The largest absolute Gasteiger partial charge is 0.429 e. The fraction of sp³-hybridized carbons (Fsp3) is 0.185. The van der Waals surface area contributed by atoms with Gasteiger partial charge in [-0.2, -0.15) is 13.2 Å². The van der Waals surface area contributed by atoms with Gasteiger partial charge in [-0.15, -0.1) is 0 Å². The second kappa shape index (κ2) is 8.82. The van der Waals surface area contributed by atoms with Crippen molar-refractivity contribution in [3.63, 3.8) is 0 Å². The number of benzene rings is 3. The molecule has 5 nitrogen and oxygen atoms in total. The number of ether oxygens (including phenoxy) is 1. The van der Waals surface area contributed by atoms with E-state index >= 15 is 0 Å². The highest BCUT2D eigenvalue weighted by Gasteiger charge is 2.46. The molecule has 9 heteroatoms. The molecule has 4 aromatic rings. The van der Waals surface area contributed by atoms with Gasteiger partial charge in [-0.3, -0.25) is 9.59 Å². The van der Waals surface area contributed by atoms with E-state index in [2.05, 4.69) is 5.32 Å². The van der Waals surface area contributed by atoms with E-state index in [1.54, 1.807) is 41.1 Å². The van der Waals surface area contributed by atoms with Gasteiger partial charge in [0.25, 0.3) is 12.4 Å². The predicted molar refractivity (Wildman–Crippen MR) is 124 cm³/mol. The molecule has 0 aliphatic heterocycles. The summed E-state index contributed by atoms with van der Waals surface area (Å²) in [6, 6.07) is 15.7. The third kappa shape index (κ3) is 4.56. The predicted octanol–water partition coefficient (Wildman–Crippen LogP) is 5.80. The smallest absolute Gasteiger partial charge is 0.416 e. The number of fused-ring (bicyclic) bond motifs is 1. The summed E-state index contributed by atoms with van der Waals surface area (Å²) in [6.45, 7) is 0.537. The monoisotopic (exact) mass is 496 g/mol. The van der Waals surface area contributed by atoms with Crippen molar-refractivity contribution in [1.82, 2.24) is 9.88 Å². The Balaban J connectivity index is 1.43. The van der Waals surface area contributed by atoms with E-state index in [4.69, 9.17) is 4.74 Å². The Morgan fingerprint density at radius 3 is 2.33 bits per heavy atom. The number of hydrogen-bond donors (Lipinski definition) is 1. The van der Waals surface area contributed by atoms with Gasteiger partial charge in [0.2, 0.25) is 0 Å². The molecule has 36 heavy (non-hydrogen) atoms. The van der Waals surface area contributed by atoms with Gasteiger partial charge in [0.05, 0.1) is 22.2 Å². The maximum Gasteiger partial charge on any atom is 0.416 e. The number of alkyl halides is 3. The molecule has 0 bridgehead atoms. The van der Waals surface area contributed by atoms with E-state index in [1.165, 1.54) is 18.2 Å².